The van der Waals surface area contributed by atoms with Crippen LogP contribution in [0.3, 0.4) is 0 Å². The minimum absolute atomic E-state index is 0.0213. The first-order chi connectivity index (χ1) is 12.1. The molecule has 2 saturated carbocycles. The number of hydrogen-bond acceptors (Lipinski definition) is 3. The highest BCUT2D eigenvalue weighted by molar-refractivity contribution is 5.80. The Bertz CT molecular complexity index is 579. The monoisotopic (exact) mass is 345 g/mol. The van der Waals surface area contributed by atoms with E-state index in [2.05, 4.69) is 0 Å². The summed E-state index contributed by atoms with van der Waals surface area (Å²) >= 11 is 0. The lowest BCUT2D eigenvalue weighted by Crippen LogP contribution is -2.47. The Hall–Kier alpha value is -2.04. The van der Waals surface area contributed by atoms with E-state index in [1.54, 1.807) is 0 Å². The van der Waals surface area contributed by atoms with E-state index in [0.717, 1.165) is 31.2 Å². The zero-order chi connectivity index (χ0) is 17.6. The van der Waals surface area contributed by atoms with Crippen molar-refractivity contribution in [3.63, 3.8) is 0 Å². The number of carboxylic acids is 1. The van der Waals surface area contributed by atoms with Crippen molar-refractivity contribution in [3.8, 4) is 0 Å². The smallest absolute Gasteiger partial charge is 0.411 e. The van der Waals surface area contributed by atoms with Crippen molar-refractivity contribution in [1.82, 2.24) is 4.90 Å². The van der Waals surface area contributed by atoms with Crippen LogP contribution in [0.15, 0.2) is 30.3 Å². The summed E-state index contributed by atoms with van der Waals surface area (Å²) in [5, 5.41) is 9.74. The van der Waals surface area contributed by atoms with Gasteiger partial charge in [-0.2, -0.15) is 0 Å². The summed E-state index contributed by atoms with van der Waals surface area (Å²) in [6, 6.07) is 8.74. The Morgan fingerprint density at radius 3 is 2.36 bits per heavy atom. The van der Waals surface area contributed by atoms with Gasteiger partial charge in [-0.05, 0) is 30.7 Å². The average molecular weight is 345 g/mol. The van der Waals surface area contributed by atoms with E-state index in [4.69, 9.17) is 4.74 Å². The molecule has 1 aromatic carbocycles. The molecule has 0 saturated heterocycles. The van der Waals surface area contributed by atoms with Crippen LogP contribution in [0, 0.1) is 5.92 Å². The number of hydrogen-bond donors (Lipinski definition) is 1. The highest BCUT2D eigenvalue weighted by atomic mass is 16.6. The third kappa shape index (κ3) is 4.97. The summed E-state index contributed by atoms with van der Waals surface area (Å²) in [6.07, 6.45) is 7.51. The minimum atomic E-state index is -0.908. The van der Waals surface area contributed by atoms with E-state index in [0.29, 0.717) is 12.3 Å². The van der Waals surface area contributed by atoms with Crippen LogP contribution < -0.4 is 0 Å². The van der Waals surface area contributed by atoms with Crippen LogP contribution in [0.5, 0.6) is 0 Å². The zero-order valence-electron chi connectivity index (χ0n) is 14.6. The van der Waals surface area contributed by atoms with Gasteiger partial charge in [-0.1, -0.05) is 62.4 Å². The zero-order valence-corrected chi connectivity index (χ0v) is 14.6. The van der Waals surface area contributed by atoms with Crippen LogP contribution in [0.4, 0.5) is 4.79 Å². The van der Waals surface area contributed by atoms with Crippen molar-refractivity contribution < 1.29 is 19.4 Å². The topological polar surface area (TPSA) is 66.8 Å². The molecular weight excluding hydrogens is 318 g/mol. The van der Waals surface area contributed by atoms with E-state index >= 15 is 0 Å². The van der Waals surface area contributed by atoms with Crippen LogP contribution in [0.2, 0.25) is 0 Å². The maximum absolute atomic E-state index is 12.6. The van der Waals surface area contributed by atoms with Crippen molar-refractivity contribution in [2.24, 2.45) is 5.92 Å². The number of carbonyl (C=O) groups is 2. The molecule has 0 bridgehead atoms. The fourth-order valence-electron chi connectivity index (χ4n) is 3.75. The van der Waals surface area contributed by atoms with Crippen LogP contribution in [-0.2, 0) is 16.1 Å². The SMILES string of the molecule is O=C(O)C(CC1CCCCC1)N(C(=O)OCc1ccccc1)C1CC1. The second-order valence-corrected chi connectivity index (χ2v) is 7.27. The molecule has 136 valence electrons. The Balaban J connectivity index is 1.64. The Labute approximate surface area is 149 Å². The molecule has 0 radical (unpaired) electrons. The molecule has 1 amide bonds. The molecule has 2 aliphatic carbocycles. The summed E-state index contributed by atoms with van der Waals surface area (Å²) in [7, 11) is 0. The van der Waals surface area contributed by atoms with Gasteiger partial charge in [-0.3, -0.25) is 4.90 Å². The molecule has 1 unspecified atom stereocenters. The lowest BCUT2D eigenvalue weighted by Gasteiger charge is -2.32. The number of nitrogens with zero attached hydrogens (tertiary/aromatic N) is 1. The summed E-state index contributed by atoms with van der Waals surface area (Å²) in [6.45, 7) is 0.179. The average Bonchev–Trinajstić information content (AvgIpc) is 3.46. The van der Waals surface area contributed by atoms with E-state index < -0.39 is 18.1 Å². The van der Waals surface area contributed by atoms with Crippen LogP contribution in [-0.4, -0.2) is 34.2 Å². The molecule has 2 fully saturated rings. The summed E-state index contributed by atoms with van der Waals surface area (Å²) in [4.78, 5) is 26.0. The fraction of sp³-hybridized carbons (Fsp3) is 0.600. The predicted molar refractivity (Wildman–Crippen MR) is 94.1 cm³/mol. The Morgan fingerprint density at radius 1 is 1.08 bits per heavy atom. The third-order valence-corrected chi connectivity index (χ3v) is 5.26. The summed E-state index contributed by atoms with van der Waals surface area (Å²) in [5.41, 5.74) is 0.908. The van der Waals surface area contributed by atoms with Gasteiger partial charge in [0.2, 0.25) is 0 Å². The van der Waals surface area contributed by atoms with Crippen molar-refractivity contribution in [2.45, 2.75) is 70.1 Å². The molecule has 2 aliphatic rings. The van der Waals surface area contributed by atoms with Gasteiger partial charge < -0.3 is 9.84 Å². The van der Waals surface area contributed by atoms with Crippen LogP contribution in [0.25, 0.3) is 0 Å². The molecule has 3 rings (SSSR count). The molecule has 0 aromatic heterocycles. The Morgan fingerprint density at radius 2 is 1.76 bits per heavy atom. The van der Waals surface area contributed by atoms with E-state index in [-0.39, 0.29) is 12.6 Å². The molecule has 1 N–H and O–H groups in total. The molecule has 0 aliphatic heterocycles. The van der Waals surface area contributed by atoms with E-state index in [1.165, 1.54) is 24.2 Å². The molecule has 5 heteroatoms. The van der Waals surface area contributed by atoms with Gasteiger partial charge in [0.15, 0.2) is 0 Å². The molecule has 0 spiro atoms. The summed E-state index contributed by atoms with van der Waals surface area (Å²) in [5.74, 6) is -0.507. The fourth-order valence-corrected chi connectivity index (χ4v) is 3.75. The quantitative estimate of drug-likeness (QED) is 0.804. The van der Waals surface area contributed by atoms with Crippen LogP contribution in [0.1, 0.15) is 56.9 Å². The number of aliphatic carboxylic acids is 1. The van der Waals surface area contributed by atoms with Gasteiger partial charge in [-0.25, -0.2) is 9.59 Å². The van der Waals surface area contributed by atoms with Gasteiger partial charge in [0.05, 0.1) is 0 Å². The molecule has 1 aromatic rings. The highest BCUT2D eigenvalue weighted by Gasteiger charge is 2.42. The first kappa shape index (κ1) is 17.8. The lowest BCUT2D eigenvalue weighted by atomic mass is 9.84. The van der Waals surface area contributed by atoms with Crippen molar-refractivity contribution in [2.75, 3.05) is 0 Å². The molecule has 25 heavy (non-hydrogen) atoms. The molecular formula is C20H27NO4. The largest absolute Gasteiger partial charge is 0.480 e. The normalized spacial score (nSPS) is 19.2. The third-order valence-electron chi connectivity index (χ3n) is 5.26. The maximum Gasteiger partial charge on any atom is 0.411 e. The number of amides is 1. The van der Waals surface area contributed by atoms with Gasteiger partial charge >= 0.3 is 12.1 Å². The van der Waals surface area contributed by atoms with Gasteiger partial charge in [0, 0.05) is 6.04 Å². The van der Waals surface area contributed by atoms with Crippen molar-refractivity contribution in [3.05, 3.63) is 35.9 Å². The van der Waals surface area contributed by atoms with Gasteiger partial charge in [0.25, 0.3) is 0 Å². The van der Waals surface area contributed by atoms with E-state index in [9.17, 15) is 14.7 Å². The van der Waals surface area contributed by atoms with Gasteiger partial charge in [-0.15, -0.1) is 0 Å². The molecule has 1 atom stereocenters. The maximum atomic E-state index is 12.6. The number of ether oxygens (including phenoxy) is 1. The first-order valence-corrected chi connectivity index (χ1v) is 9.37. The molecule has 0 heterocycles. The van der Waals surface area contributed by atoms with Gasteiger partial charge in [0.1, 0.15) is 12.6 Å². The first-order valence-electron chi connectivity index (χ1n) is 9.37. The second-order valence-electron chi connectivity index (χ2n) is 7.27. The predicted octanol–water partition coefficient (Wildman–Crippen LogP) is 4.21. The van der Waals surface area contributed by atoms with Crippen LogP contribution >= 0.6 is 0 Å². The highest BCUT2D eigenvalue weighted by Crippen LogP contribution is 2.34. The second kappa shape index (κ2) is 8.37. The Kier molecular flexibility index (Phi) is 5.95. The lowest BCUT2D eigenvalue weighted by molar-refractivity contribution is -0.143. The number of rotatable bonds is 7. The van der Waals surface area contributed by atoms with Crippen molar-refractivity contribution >= 4 is 12.1 Å². The minimum Gasteiger partial charge on any atom is -0.480 e. The number of carboxylic acid groups (broad SMARTS) is 1. The standard InChI is InChI=1S/C20H27NO4/c22-19(23)18(13-15-7-3-1-4-8-15)21(17-11-12-17)20(24)25-14-16-9-5-2-6-10-16/h2,5-6,9-10,15,17-18H,1,3-4,7-8,11-14H2,(H,22,23). The summed E-state index contributed by atoms with van der Waals surface area (Å²) < 4.78 is 5.44. The molecule has 5 nitrogen and oxygen atoms in total. The van der Waals surface area contributed by atoms with E-state index in [1.807, 2.05) is 30.3 Å². The van der Waals surface area contributed by atoms with Crippen molar-refractivity contribution in [1.29, 1.82) is 0 Å². The number of carbonyl (C=O) groups excluding carboxylic acids is 1. The number of benzene rings is 1.